The van der Waals surface area contributed by atoms with Gasteiger partial charge < -0.3 is 14.8 Å². The first-order valence-electron chi connectivity index (χ1n) is 5.49. The third-order valence-corrected chi connectivity index (χ3v) is 2.71. The second-order valence-electron chi connectivity index (χ2n) is 5.17. The van der Waals surface area contributed by atoms with Crippen molar-refractivity contribution >= 4 is 12.1 Å². The molecule has 0 bridgehead atoms. The zero-order valence-corrected chi connectivity index (χ0v) is 11.0. The molecular formula is C11H20N2O4. The van der Waals surface area contributed by atoms with E-state index in [-0.39, 0.29) is 0 Å². The zero-order valence-electron chi connectivity index (χ0n) is 11.0. The quantitative estimate of drug-likeness (QED) is 0.711. The summed E-state index contributed by atoms with van der Waals surface area (Å²) >= 11 is 0. The van der Waals surface area contributed by atoms with Crippen LogP contribution in [-0.2, 0) is 14.3 Å². The van der Waals surface area contributed by atoms with Crippen molar-refractivity contribution in [3.05, 3.63) is 0 Å². The van der Waals surface area contributed by atoms with Gasteiger partial charge in [0.05, 0.1) is 7.11 Å². The van der Waals surface area contributed by atoms with Gasteiger partial charge in [0.15, 0.2) is 5.54 Å². The summed E-state index contributed by atoms with van der Waals surface area (Å²) in [5.74, 6) is -0.426. The van der Waals surface area contributed by atoms with E-state index in [1.807, 2.05) is 0 Å². The predicted octanol–water partition coefficient (Wildman–Crippen LogP) is 0.368. The van der Waals surface area contributed by atoms with Crippen LogP contribution in [0, 0.1) is 0 Å². The number of carbonyl (C=O) groups is 2. The molecule has 98 valence electrons. The average molecular weight is 244 g/mol. The molecule has 0 aromatic carbocycles. The van der Waals surface area contributed by atoms with Gasteiger partial charge in [-0.25, -0.2) is 9.59 Å². The number of carbonyl (C=O) groups excluding carboxylic acids is 2. The number of likely N-dealkylation sites (N-methyl/N-ethyl adjacent to an activating group) is 1. The Kier molecular flexibility index (Phi) is 3.66. The van der Waals surface area contributed by atoms with Crippen molar-refractivity contribution < 1.29 is 19.1 Å². The van der Waals surface area contributed by atoms with Crippen LogP contribution >= 0.6 is 0 Å². The van der Waals surface area contributed by atoms with Crippen molar-refractivity contribution in [2.45, 2.75) is 31.9 Å². The number of rotatable bonds is 2. The lowest BCUT2D eigenvalue weighted by Crippen LogP contribution is -2.73. The van der Waals surface area contributed by atoms with Gasteiger partial charge in [-0.2, -0.15) is 0 Å². The van der Waals surface area contributed by atoms with Gasteiger partial charge in [-0.15, -0.1) is 0 Å². The summed E-state index contributed by atoms with van der Waals surface area (Å²) in [6, 6.07) is 0. The molecule has 1 aliphatic heterocycles. The molecule has 0 aromatic rings. The molecule has 0 aliphatic carbocycles. The Morgan fingerprint density at radius 2 is 1.82 bits per heavy atom. The van der Waals surface area contributed by atoms with Crippen LogP contribution in [0.1, 0.15) is 20.8 Å². The smallest absolute Gasteiger partial charge is 0.411 e. The number of methoxy groups -OCH3 is 1. The number of hydrogen-bond donors (Lipinski definition) is 1. The van der Waals surface area contributed by atoms with Gasteiger partial charge in [0.2, 0.25) is 0 Å². The molecule has 6 heteroatoms. The number of amides is 1. The summed E-state index contributed by atoms with van der Waals surface area (Å²) in [5, 5.41) is 2.97. The van der Waals surface area contributed by atoms with Crippen LogP contribution in [0.25, 0.3) is 0 Å². The first-order chi connectivity index (χ1) is 7.73. The van der Waals surface area contributed by atoms with Crippen LogP contribution in [0.3, 0.4) is 0 Å². The Hall–Kier alpha value is -1.30. The molecule has 1 amide bonds. The molecular weight excluding hydrogens is 224 g/mol. The highest BCUT2D eigenvalue weighted by molar-refractivity contribution is 5.87. The van der Waals surface area contributed by atoms with Crippen LogP contribution in [0.5, 0.6) is 0 Å². The fourth-order valence-corrected chi connectivity index (χ4v) is 1.58. The molecule has 1 aliphatic rings. The van der Waals surface area contributed by atoms with Crippen molar-refractivity contribution in [2.24, 2.45) is 0 Å². The molecule has 17 heavy (non-hydrogen) atoms. The Bertz CT molecular complexity index is 318. The minimum atomic E-state index is -0.933. The van der Waals surface area contributed by atoms with Crippen LogP contribution in [0.2, 0.25) is 0 Å². The first kappa shape index (κ1) is 13.8. The maximum absolute atomic E-state index is 11.9. The molecule has 6 nitrogen and oxygen atoms in total. The van der Waals surface area contributed by atoms with E-state index in [4.69, 9.17) is 9.47 Å². The number of hydrogen-bond acceptors (Lipinski definition) is 5. The normalized spacial score (nSPS) is 17.9. The van der Waals surface area contributed by atoms with Crippen LogP contribution in [0.4, 0.5) is 4.79 Å². The van der Waals surface area contributed by atoms with Gasteiger partial charge in [0.25, 0.3) is 0 Å². The third-order valence-electron chi connectivity index (χ3n) is 2.71. The second-order valence-corrected chi connectivity index (χ2v) is 5.17. The molecule has 1 fully saturated rings. The van der Waals surface area contributed by atoms with Gasteiger partial charge in [0, 0.05) is 20.1 Å². The molecule has 0 saturated carbocycles. The highest BCUT2D eigenvalue weighted by Crippen LogP contribution is 2.23. The fraction of sp³-hybridized carbons (Fsp3) is 0.818. The highest BCUT2D eigenvalue weighted by atomic mass is 16.6. The Morgan fingerprint density at radius 1 is 1.29 bits per heavy atom. The number of esters is 1. The number of nitrogens with zero attached hydrogens (tertiary/aromatic N) is 1. The van der Waals surface area contributed by atoms with Crippen LogP contribution in [0.15, 0.2) is 0 Å². The Balaban J connectivity index is 2.77. The first-order valence-corrected chi connectivity index (χ1v) is 5.49. The minimum absolute atomic E-state index is 0.384. The Morgan fingerprint density at radius 3 is 2.12 bits per heavy atom. The summed E-state index contributed by atoms with van der Waals surface area (Å²) in [7, 11) is 2.86. The topological polar surface area (TPSA) is 67.9 Å². The minimum Gasteiger partial charge on any atom is -0.467 e. The summed E-state index contributed by atoms with van der Waals surface area (Å²) in [6.45, 7) is 6.11. The summed E-state index contributed by atoms with van der Waals surface area (Å²) in [6.07, 6.45) is -0.524. The van der Waals surface area contributed by atoms with E-state index < -0.39 is 23.2 Å². The van der Waals surface area contributed by atoms with Gasteiger partial charge in [-0.05, 0) is 20.8 Å². The SMILES string of the molecule is COC(=O)C1(N(C)C(=O)OC(C)(C)C)CNC1. The van der Waals surface area contributed by atoms with Crippen molar-refractivity contribution in [3.8, 4) is 0 Å². The lowest BCUT2D eigenvalue weighted by atomic mass is 9.91. The van der Waals surface area contributed by atoms with Gasteiger partial charge in [0.1, 0.15) is 5.60 Å². The van der Waals surface area contributed by atoms with E-state index in [0.717, 1.165) is 0 Å². The molecule has 0 unspecified atom stereocenters. The van der Waals surface area contributed by atoms with E-state index in [0.29, 0.717) is 13.1 Å². The number of nitrogens with one attached hydrogen (secondary N) is 1. The monoisotopic (exact) mass is 244 g/mol. The van der Waals surface area contributed by atoms with Crippen molar-refractivity contribution in [2.75, 3.05) is 27.2 Å². The Labute approximate surface area is 101 Å². The molecule has 0 atom stereocenters. The van der Waals surface area contributed by atoms with Gasteiger partial charge in [-0.3, -0.25) is 4.90 Å². The highest BCUT2D eigenvalue weighted by Gasteiger charge is 2.52. The molecule has 1 N–H and O–H groups in total. The predicted molar refractivity (Wildman–Crippen MR) is 61.6 cm³/mol. The fourth-order valence-electron chi connectivity index (χ4n) is 1.58. The molecule has 0 spiro atoms. The van der Waals surface area contributed by atoms with Crippen molar-refractivity contribution in [3.63, 3.8) is 0 Å². The zero-order chi connectivity index (χ0) is 13.3. The lowest BCUT2D eigenvalue weighted by Gasteiger charge is -2.45. The summed E-state index contributed by atoms with van der Waals surface area (Å²) in [5.41, 5.74) is -1.52. The van der Waals surface area contributed by atoms with E-state index in [2.05, 4.69) is 5.32 Å². The average Bonchev–Trinajstić information content (AvgIpc) is 2.12. The molecule has 1 saturated heterocycles. The summed E-state index contributed by atoms with van der Waals surface area (Å²) in [4.78, 5) is 24.9. The summed E-state index contributed by atoms with van der Waals surface area (Å²) < 4.78 is 9.96. The van der Waals surface area contributed by atoms with Gasteiger partial charge in [-0.1, -0.05) is 0 Å². The van der Waals surface area contributed by atoms with E-state index in [1.165, 1.54) is 12.0 Å². The van der Waals surface area contributed by atoms with Crippen LogP contribution in [-0.4, -0.2) is 55.3 Å². The third kappa shape index (κ3) is 2.69. The maximum atomic E-state index is 11.9. The number of ether oxygens (including phenoxy) is 2. The molecule has 0 aromatic heterocycles. The molecule has 1 rings (SSSR count). The van der Waals surface area contributed by atoms with Gasteiger partial charge >= 0.3 is 12.1 Å². The molecule has 1 heterocycles. The maximum Gasteiger partial charge on any atom is 0.411 e. The van der Waals surface area contributed by atoms with E-state index in [1.54, 1.807) is 27.8 Å². The van der Waals surface area contributed by atoms with E-state index >= 15 is 0 Å². The van der Waals surface area contributed by atoms with Crippen molar-refractivity contribution in [1.82, 2.24) is 10.2 Å². The lowest BCUT2D eigenvalue weighted by molar-refractivity contribution is -0.157. The molecule has 0 radical (unpaired) electrons. The standard InChI is InChI=1S/C11H20N2O4/c1-10(2,3)17-9(15)13(4)11(6-12-7-11)8(14)16-5/h12H,6-7H2,1-5H3. The largest absolute Gasteiger partial charge is 0.467 e. The second kappa shape index (κ2) is 4.52. The van der Waals surface area contributed by atoms with Crippen LogP contribution < -0.4 is 5.32 Å². The van der Waals surface area contributed by atoms with Crippen molar-refractivity contribution in [1.29, 1.82) is 0 Å². The van der Waals surface area contributed by atoms with E-state index in [9.17, 15) is 9.59 Å².